The van der Waals surface area contributed by atoms with Crippen molar-refractivity contribution in [2.24, 2.45) is 0 Å². The zero-order valence-electron chi connectivity index (χ0n) is 13.1. The predicted octanol–water partition coefficient (Wildman–Crippen LogP) is 4.39. The Labute approximate surface area is 138 Å². The lowest BCUT2D eigenvalue weighted by molar-refractivity contribution is 0.0715. The average Bonchev–Trinajstić information content (AvgIpc) is 2.89. The minimum absolute atomic E-state index is 0.348. The molecule has 0 saturated carbocycles. The third-order valence-electron chi connectivity index (χ3n) is 3.69. The molecule has 0 aliphatic carbocycles. The molecular weight excluding hydrogens is 309 g/mol. The van der Waals surface area contributed by atoms with Gasteiger partial charge >= 0.3 is 5.97 Å². The number of hydrogen-bond donors (Lipinski definition) is 1. The number of allylic oxidation sites excluding steroid dienone is 1. The molecule has 0 aromatic heterocycles. The van der Waals surface area contributed by atoms with Crippen LogP contribution in [0.3, 0.4) is 0 Å². The lowest BCUT2D eigenvalue weighted by Crippen LogP contribution is -2.12. The Bertz CT molecular complexity index is 825. The van der Waals surface area contributed by atoms with Gasteiger partial charge in [0.15, 0.2) is 0 Å². The molecule has 1 aliphatic heterocycles. The fourth-order valence-electron chi connectivity index (χ4n) is 2.45. The number of halogens is 1. The number of unbranched alkanes of at least 4 members (excludes halogenated alkanes) is 1. The van der Waals surface area contributed by atoms with E-state index >= 15 is 0 Å². The van der Waals surface area contributed by atoms with Crippen LogP contribution in [0.5, 0.6) is 0 Å². The lowest BCUT2D eigenvalue weighted by atomic mass is 10.1. The van der Waals surface area contributed by atoms with Gasteiger partial charge in [-0.15, -0.1) is 0 Å². The van der Waals surface area contributed by atoms with Gasteiger partial charge in [-0.05, 0) is 55.0 Å². The molecule has 0 fully saturated rings. The van der Waals surface area contributed by atoms with Crippen LogP contribution in [-0.2, 0) is 4.74 Å². The fourth-order valence-corrected chi connectivity index (χ4v) is 2.45. The van der Waals surface area contributed by atoms with E-state index in [0.717, 1.165) is 12.8 Å². The summed E-state index contributed by atoms with van der Waals surface area (Å²) in [6.45, 7) is 2.04. The Balaban J connectivity index is 1.84. The highest BCUT2D eigenvalue weighted by Gasteiger charge is 2.26. The summed E-state index contributed by atoms with van der Waals surface area (Å²) in [4.78, 5) is 24.0. The summed E-state index contributed by atoms with van der Waals surface area (Å²) in [6.07, 6.45) is 3.61. The van der Waals surface area contributed by atoms with Gasteiger partial charge in [0.05, 0.1) is 5.56 Å². The van der Waals surface area contributed by atoms with Crippen LogP contribution in [0.2, 0.25) is 0 Å². The molecule has 0 spiro atoms. The molecule has 2 aromatic rings. The average molecular weight is 325 g/mol. The SMILES string of the molecule is CCC/C=C1\OC(=O)c2ccc(NC(=O)c3ccc(F)cc3)cc21. The van der Waals surface area contributed by atoms with Gasteiger partial charge in [-0.3, -0.25) is 4.79 Å². The fraction of sp³-hybridized carbons (Fsp3) is 0.158. The van der Waals surface area contributed by atoms with Crippen LogP contribution < -0.4 is 5.32 Å². The standard InChI is InChI=1S/C19H16FNO3/c1-2-3-4-17-16-11-14(9-10-15(16)19(23)24-17)21-18(22)12-5-7-13(20)8-6-12/h4-11H,2-3H2,1H3,(H,21,22)/b17-4-. The maximum atomic E-state index is 12.9. The van der Waals surface area contributed by atoms with Crippen LogP contribution in [0.4, 0.5) is 10.1 Å². The first-order chi connectivity index (χ1) is 11.6. The van der Waals surface area contributed by atoms with Gasteiger partial charge in [-0.25, -0.2) is 9.18 Å². The number of anilines is 1. The molecule has 122 valence electrons. The highest BCUT2D eigenvalue weighted by Crippen LogP contribution is 2.32. The van der Waals surface area contributed by atoms with Gasteiger partial charge in [0.25, 0.3) is 5.91 Å². The lowest BCUT2D eigenvalue weighted by Gasteiger charge is -2.07. The molecule has 0 bridgehead atoms. The number of nitrogens with one attached hydrogen (secondary N) is 1. The summed E-state index contributed by atoms with van der Waals surface area (Å²) in [5, 5.41) is 2.74. The monoisotopic (exact) mass is 325 g/mol. The van der Waals surface area contributed by atoms with E-state index < -0.39 is 5.82 Å². The van der Waals surface area contributed by atoms with Gasteiger partial charge in [0, 0.05) is 16.8 Å². The third kappa shape index (κ3) is 3.20. The molecule has 1 aliphatic rings. The van der Waals surface area contributed by atoms with Crippen LogP contribution >= 0.6 is 0 Å². The molecule has 1 amide bonds. The molecule has 4 nitrogen and oxygen atoms in total. The molecule has 0 atom stereocenters. The van der Waals surface area contributed by atoms with Crippen molar-refractivity contribution in [3.05, 3.63) is 71.0 Å². The summed E-state index contributed by atoms with van der Waals surface area (Å²) in [5.74, 6) is -0.608. The maximum Gasteiger partial charge on any atom is 0.344 e. The molecule has 1 N–H and O–H groups in total. The largest absolute Gasteiger partial charge is 0.423 e. The van der Waals surface area contributed by atoms with Crippen molar-refractivity contribution in [2.45, 2.75) is 19.8 Å². The van der Waals surface area contributed by atoms with E-state index in [1.54, 1.807) is 18.2 Å². The molecular formula is C19H16FNO3. The van der Waals surface area contributed by atoms with Crippen LogP contribution in [0.25, 0.3) is 5.76 Å². The number of fused-ring (bicyclic) bond motifs is 1. The number of esters is 1. The number of cyclic esters (lactones) is 1. The van der Waals surface area contributed by atoms with Crippen molar-refractivity contribution in [1.29, 1.82) is 0 Å². The molecule has 3 rings (SSSR count). The third-order valence-corrected chi connectivity index (χ3v) is 3.69. The van der Waals surface area contributed by atoms with E-state index in [9.17, 15) is 14.0 Å². The van der Waals surface area contributed by atoms with Crippen molar-refractivity contribution in [1.82, 2.24) is 0 Å². The number of carbonyl (C=O) groups excluding carboxylic acids is 2. The van der Waals surface area contributed by atoms with Gasteiger partial charge in [0.2, 0.25) is 0 Å². The smallest absolute Gasteiger partial charge is 0.344 e. The molecule has 2 aromatic carbocycles. The van der Waals surface area contributed by atoms with Crippen molar-refractivity contribution in [2.75, 3.05) is 5.32 Å². The Morgan fingerprint density at radius 3 is 2.62 bits per heavy atom. The van der Waals surface area contributed by atoms with Gasteiger partial charge in [0.1, 0.15) is 11.6 Å². The summed E-state index contributed by atoms with van der Waals surface area (Å²) in [5.41, 5.74) is 2.05. The summed E-state index contributed by atoms with van der Waals surface area (Å²) < 4.78 is 18.2. The molecule has 0 unspecified atom stereocenters. The van der Waals surface area contributed by atoms with E-state index in [1.165, 1.54) is 24.3 Å². The van der Waals surface area contributed by atoms with Crippen LogP contribution in [0.1, 0.15) is 46.0 Å². The topological polar surface area (TPSA) is 55.4 Å². The quantitative estimate of drug-likeness (QED) is 0.848. The van der Waals surface area contributed by atoms with Crippen LogP contribution in [0, 0.1) is 5.82 Å². The number of ether oxygens (including phenoxy) is 1. The Kier molecular flexibility index (Phi) is 4.42. The number of hydrogen-bond acceptors (Lipinski definition) is 3. The first kappa shape index (κ1) is 15.9. The maximum absolute atomic E-state index is 12.9. The van der Waals surface area contributed by atoms with Crippen molar-refractivity contribution < 1.29 is 18.7 Å². The second-order valence-corrected chi connectivity index (χ2v) is 5.47. The first-order valence-electron chi connectivity index (χ1n) is 7.72. The normalized spacial score (nSPS) is 14.4. The van der Waals surface area contributed by atoms with E-state index in [2.05, 4.69) is 5.32 Å². The van der Waals surface area contributed by atoms with E-state index in [0.29, 0.717) is 28.1 Å². The number of carbonyl (C=O) groups is 2. The summed E-state index contributed by atoms with van der Waals surface area (Å²) >= 11 is 0. The Morgan fingerprint density at radius 2 is 1.92 bits per heavy atom. The van der Waals surface area contributed by atoms with E-state index in [4.69, 9.17) is 4.74 Å². The highest BCUT2D eigenvalue weighted by atomic mass is 19.1. The van der Waals surface area contributed by atoms with Gasteiger partial charge < -0.3 is 10.1 Å². The minimum atomic E-state index is -0.398. The van der Waals surface area contributed by atoms with E-state index in [1.807, 2.05) is 13.0 Å². The summed E-state index contributed by atoms with van der Waals surface area (Å²) in [6, 6.07) is 10.3. The van der Waals surface area contributed by atoms with Crippen molar-refractivity contribution >= 4 is 23.3 Å². The van der Waals surface area contributed by atoms with Gasteiger partial charge in [-0.1, -0.05) is 13.3 Å². The first-order valence-corrected chi connectivity index (χ1v) is 7.72. The molecule has 0 radical (unpaired) electrons. The molecule has 1 heterocycles. The molecule has 24 heavy (non-hydrogen) atoms. The van der Waals surface area contributed by atoms with Crippen LogP contribution in [-0.4, -0.2) is 11.9 Å². The predicted molar refractivity (Wildman–Crippen MR) is 89.1 cm³/mol. The second kappa shape index (κ2) is 6.66. The molecule has 5 heteroatoms. The highest BCUT2D eigenvalue weighted by molar-refractivity contribution is 6.06. The number of benzene rings is 2. The van der Waals surface area contributed by atoms with Crippen LogP contribution in [0.15, 0.2) is 48.5 Å². The minimum Gasteiger partial charge on any atom is -0.423 e. The molecule has 0 saturated heterocycles. The van der Waals surface area contributed by atoms with Crippen molar-refractivity contribution in [3.8, 4) is 0 Å². The Morgan fingerprint density at radius 1 is 1.17 bits per heavy atom. The zero-order valence-corrected chi connectivity index (χ0v) is 13.1. The number of amides is 1. The van der Waals surface area contributed by atoms with E-state index in [-0.39, 0.29) is 11.9 Å². The van der Waals surface area contributed by atoms with Gasteiger partial charge in [-0.2, -0.15) is 0 Å². The second-order valence-electron chi connectivity index (χ2n) is 5.47. The Hall–Kier alpha value is -2.95. The number of rotatable bonds is 4. The van der Waals surface area contributed by atoms with Crippen molar-refractivity contribution in [3.63, 3.8) is 0 Å². The zero-order chi connectivity index (χ0) is 17.1. The summed E-state index contributed by atoms with van der Waals surface area (Å²) in [7, 11) is 0.